The van der Waals surface area contributed by atoms with Crippen LogP contribution in [-0.2, 0) is 4.79 Å². The molecule has 0 aromatic heterocycles. The Morgan fingerprint density at radius 2 is 2.00 bits per heavy atom. The second-order valence-electron chi connectivity index (χ2n) is 4.53. The van der Waals surface area contributed by atoms with Crippen molar-refractivity contribution in [2.75, 3.05) is 0 Å². The van der Waals surface area contributed by atoms with Crippen LogP contribution in [0.2, 0.25) is 0 Å². The average Bonchev–Trinajstić information content (AvgIpc) is 2.38. The minimum atomic E-state index is -1.54. The number of hydrogen-bond acceptors (Lipinski definition) is 2. The molecule has 1 aliphatic carbocycles. The molecule has 2 rings (SSSR count). The first-order valence-electron chi connectivity index (χ1n) is 5.93. The lowest BCUT2D eigenvalue weighted by molar-refractivity contribution is -0.122. The van der Waals surface area contributed by atoms with Gasteiger partial charge in [0.1, 0.15) is 5.78 Å². The van der Waals surface area contributed by atoms with Gasteiger partial charge in [-0.3, -0.25) is 9.59 Å². The molecule has 0 spiro atoms. The first-order chi connectivity index (χ1) is 8.18. The normalized spacial score (nSPS) is 22.2. The average molecular weight is 234 g/mol. The molecule has 0 amide bonds. The van der Waals surface area contributed by atoms with E-state index in [0.717, 1.165) is 0 Å². The van der Waals surface area contributed by atoms with Gasteiger partial charge in [-0.25, -0.2) is 4.39 Å². The molecule has 2 unspecified atom stereocenters. The van der Waals surface area contributed by atoms with E-state index in [2.05, 4.69) is 0 Å². The van der Waals surface area contributed by atoms with Crippen molar-refractivity contribution >= 4 is 11.6 Å². The highest BCUT2D eigenvalue weighted by atomic mass is 19.1. The number of carbonyl (C=O) groups is 2. The van der Waals surface area contributed by atoms with Crippen LogP contribution >= 0.6 is 0 Å². The third kappa shape index (κ3) is 2.78. The number of rotatable bonds is 3. The van der Waals surface area contributed by atoms with Gasteiger partial charge in [0.15, 0.2) is 12.0 Å². The molecule has 1 aromatic carbocycles. The van der Waals surface area contributed by atoms with Crippen LogP contribution in [0.15, 0.2) is 30.3 Å². The zero-order chi connectivity index (χ0) is 12.3. The Morgan fingerprint density at radius 3 is 2.65 bits per heavy atom. The van der Waals surface area contributed by atoms with Crippen LogP contribution in [0.3, 0.4) is 0 Å². The predicted molar refractivity (Wildman–Crippen MR) is 62.6 cm³/mol. The van der Waals surface area contributed by atoms with Gasteiger partial charge < -0.3 is 0 Å². The maximum absolute atomic E-state index is 14.0. The summed E-state index contributed by atoms with van der Waals surface area (Å²) in [7, 11) is 0. The maximum atomic E-state index is 14.0. The van der Waals surface area contributed by atoms with Crippen molar-refractivity contribution in [1.82, 2.24) is 0 Å². The number of Topliss-reactive ketones (excluding diaryl/α,β-unsaturated/α-hetero) is 2. The Balaban J connectivity index is 2.07. The molecule has 0 aliphatic heterocycles. The monoisotopic (exact) mass is 234 g/mol. The summed E-state index contributed by atoms with van der Waals surface area (Å²) in [5.41, 5.74) is 0.387. The van der Waals surface area contributed by atoms with Gasteiger partial charge in [0, 0.05) is 24.3 Å². The SMILES string of the molecule is O=C1CCCC(C(F)C(=O)c2ccccc2)C1. The van der Waals surface area contributed by atoms with E-state index < -0.39 is 17.9 Å². The molecule has 1 aromatic rings. The second-order valence-corrected chi connectivity index (χ2v) is 4.53. The molecule has 0 saturated heterocycles. The lowest BCUT2D eigenvalue weighted by Gasteiger charge is -2.23. The quantitative estimate of drug-likeness (QED) is 0.753. The Hall–Kier alpha value is -1.51. The number of hydrogen-bond donors (Lipinski definition) is 0. The summed E-state index contributed by atoms with van der Waals surface area (Å²) in [6, 6.07) is 8.44. The topological polar surface area (TPSA) is 34.1 Å². The molecule has 0 heterocycles. The fourth-order valence-electron chi connectivity index (χ4n) is 2.28. The fraction of sp³-hybridized carbons (Fsp3) is 0.429. The summed E-state index contributed by atoms with van der Waals surface area (Å²) in [5.74, 6) is -0.848. The molecular weight excluding hydrogens is 219 g/mol. The molecule has 3 heteroatoms. The lowest BCUT2D eigenvalue weighted by Crippen LogP contribution is -2.30. The van der Waals surface area contributed by atoms with Gasteiger partial charge in [-0.05, 0) is 12.8 Å². The van der Waals surface area contributed by atoms with Crippen molar-refractivity contribution in [3.8, 4) is 0 Å². The number of benzene rings is 1. The van der Waals surface area contributed by atoms with E-state index in [-0.39, 0.29) is 12.2 Å². The largest absolute Gasteiger partial charge is 0.300 e. The van der Waals surface area contributed by atoms with E-state index >= 15 is 0 Å². The van der Waals surface area contributed by atoms with Crippen LogP contribution in [0.1, 0.15) is 36.0 Å². The minimum absolute atomic E-state index is 0.0739. The highest BCUT2D eigenvalue weighted by Crippen LogP contribution is 2.28. The van der Waals surface area contributed by atoms with E-state index in [4.69, 9.17) is 0 Å². The van der Waals surface area contributed by atoms with Gasteiger partial charge in [0.25, 0.3) is 0 Å². The van der Waals surface area contributed by atoms with Crippen LogP contribution < -0.4 is 0 Å². The molecule has 1 fully saturated rings. The van der Waals surface area contributed by atoms with E-state index in [1.807, 2.05) is 0 Å². The van der Waals surface area contributed by atoms with Crippen molar-refractivity contribution in [2.24, 2.45) is 5.92 Å². The van der Waals surface area contributed by atoms with Crippen LogP contribution in [0.4, 0.5) is 4.39 Å². The Labute approximate surface area is 99.8 Å². The standard InChI is InChI=1S/C14H15FO2/c15-13(11-7-4-8-12(16)9-11)14(17)10-5-2-1-3-6-10/h1-3,5-6,11,13H,4,7-9H2. The first kappa shape index (κ1) is 12.0. The number of carbonyl (C=O) groups excluding carboxylic acids is 2. The minimum Gasteiger partial charge on any atom is -0.300 e. The van der Waals surface area contributed by atoms with Crippen LogP contribution in [0.25, 0.3) is 0 Å². The zero-order valence-corrected chi connectivity index (χ0v) is 9.56. The molecule has 0 bridgehead atoms. The molecule has 90 valence electrons. The number of ketones is 2. The van der Waals surface area contributed by atoms with Crippen molar-refractivity contribution in [3.63, 3.8) is 0 Å². The summed E-state index contributed by atoms with van der Waals surface area (Å²) >= 11 is 0. The van der Waals surface area contributed by atoms with Crippen molar-refractivity contribution in [2.45, 2.75) is 31.9 Å². The molecule has 1 aliphatic rings. The van der Waals surface area contributed by atoms with Gasteiger partial charge in [-0.1, -0.05) is 30.3 Å². The summed E-state index contributed by atoms with van der Waals surface area (Å²) in [5, 5.41) is 0. The second kappa shape index (κ2) is 5.21. The van der Waals surface area contributed by atoms with Gasteiger partial charge in [-0.15, -0.1) is 0 Å². The summed E-state index contributed by atoms with van der Waals surface area (Å²) < 4.78 is 14.0. The Kier molecular flexibility index (Phi) is 3.67. The molecule has 2 nitrogen and oxygen atoms in total. The molecule has 1 saturated carbocycles. The maximum Gasteiger partial charge on any atom is 0.197 e. The Bertz CT molecular complexity index is 413. The van der Waals surface area contributed by atoms with Crippen LogP contribution in [0, 0.1) is 5.92 Å². The van der Waals surface area contributed by atoms with E-state index in [9.17, 15) is 14.0 Å². The Morgan fingerprint density at radius 1 is 1.29 bits per heavy atom. The van der Waals surface area contributed by atoms with Crippen LogP contribution in [0.5, 0.6) is 0 Å². The van der Waals surface area contributed by atoms with Gasteiger partial charge >= 0.3 is 0 Å². The summed E-state index contributed by atoms with van der Waals surface area (Å²) in [6.07, 6.45) is 0.529. The predicted octanol–water partition coefficient (Wildman–Crippen LogP) is 2.97. The van der Waals surface area contributed by atoms with Crippen molar-refractivity contribution < 1.29 is 14.0 Å². The van der Waals surface area contributed by atoms with Gasteiger partial charge in [-0.2, -0.15) is 0 Å². The third-order valence-corrected chi connectivity index (χ3v) is 3.24. The zero-order valence-electron chi connectivity index (χ0n) is 9.56. The first-order valence-corrected chi connectivity index (χ1v) is 5.93. The van der Waals surface area contributed by atoms with Crippen molar-refractivity contribution in [3.05, 3.63) is 35.9 Å². The van der Waals surface area contributed by atoms with E-state index in [0.29, 0.717) is 24.8 Å². The van der Waals surface area contributed by atoms with E-state index in [1.54, 1.807) is 30.3 Å². The smallest absolute Gasteiger partial charge is 0.197 e. The molecular formula is C14H15FO2. The highest BCUT2D eigenvalue weighted by molar-refractivity contribution is 5.99. The lowest BCUT2D eigenvalue weighted by atomic mass is 9.83. The molecule has 17 heavy (non-hydrogen) atoms. The third-order valence-electron chi connectivity index (χ3n) is 3.24. The number of halogens is 1. The fourth-order valence-corrected chi connectivity index (χ4v) is 2.28. The molecule has 0 radical (unpaired) electrons. The van der Waals surface area contributed by atoms with E-state index in [1.165, 1.54) is 0 Å². The number of alkyl halides is 1. The molecule has 2 atom stereocenters. The van der Waals surface area contributed by atoms with Gasteiger partial charge in [0.05, 0.1) is 0 Å². The summed E-state index contributed by atoms with van der Waals surface area (Å²) in [6.45, 7) is 0. The summed E-state index contributed by atoms with van der Waals surface area (Å²) in [4.78, 5) is 23.1. The van der Waals surface area contributed by atoms with Crippen LogP contribution in [-0.4, -0.2) is 17.7 Å². The molecule has 0 N–H and O–H groups in total. The van der Waals surface area contributed by atoms with Crippen molar-refractivity contribution in [1.29, 1.82) is 0 Å². The highest BCUT2D eigenvalue weighted by Gasteiger charge is 2.32. The van der Waals surface area contributed by atoms with Gasteiger partial charge in [0.2, 0.25) is 0 Å².